The third-order valence-electron chi connectivity index (χ3n) is 3.10. The molecule has 106 valence electrons. The summed E-state index contributed by atoms with van der Waals surface area (Å²) in [5, 5.41) is 0.799. The fourth-order valence-electron chi connectivity index (χ4n) is 2.16. The van der Waals surface area contributed by atoms with Crippen molar-refractivity contribution >= 4 is 23.4 Å². The van der Waals surface area contributed by atoms with Crippen LogP contribution in [-0.2, 0) is 6.42 Å². The van der Waals surface area contributed by atoms with Gasteiger partial charge in [-0.2, -0.15) is 0 Å². The lowest BCUT2D eigenvalue weighted by molar-refractivity contribution is 0.738. The van der Waals surface area contributed by atoms with Gasteiger partial charge in [0.05, 0.1) is 5.02 Å². The summed E-state index contributed by atoms with van der Waals surface area (Å²) in [6, 6.07) is 12.9. The lowest BCUT2D eigenvalue weighted by Gasteiger charge is -2.10. The van der Waals surface area contributed by atoms with Crippen molar-refractivity contribution < 1.29 is 0 Å². The third kappa shape index (κ3) is 4.02. The second-order valence-corrected chi connectivity index (χ2v) is 6.81. The van der Waals surface area contributed by atoms with E-state index in [1.165, 1.54) is 21.6 Å². The van der Waals surface area contributed by atoms with Crippen molar-refractivity contribution in [3.05, 3.63) is 58.1 Å². The molecule has 0 saturated carbocycles. The molecule has 2 N–H and O–H groups in total. The molecular weight excluding hydrogens is 286 g/mol. The van der Waals surface area contributed by atoms with E-state index in [-0.39, 0.29) is 6.04 Å². The minimum atomic E-state index is 0.156. The maximum absolute atomic E-state index is 6.38. The van der Waals surface area contributed by atoms with Gasteiger partial charge in [-0.3, -0.25) is 0 Å². The number of halogens is 1. The monoisotopic (exact) mass is 305 g/mol. The highest BCUT2D eigenvalue weighted by molar-refractivity contribution is 7.99. The van der Waals surface area contributed by atoms with Crippen molar-refractivity contribution in [2.45, 2.75) is 43.0 Å². The Balaban J connectivity index is 2.21. The van der Waals surface area contributed by atoms with Crippen LogP contribution in [0.1, 0.15) is 23.6 Å². The summed E-state index contributed by atoms with van der Waals surface area (Å²) in [5.41, 5.74) is 9.58. The molecule has 2 rings (SSSR count). The van der Waals surface area contributed by atoms with Crippen molar-refractivity contribution in [2.75, 3.05) is 0 Å². The van der Waals surface area contributed by atoms with Crippen LogP contribution < -0.4 is 5.73 Å². The van der Waals surface area contributed by atoms with Gasteiger partial charge < -0.3 is 5.73 Å². The Morgan fingerprint density at radius 2 is 1.80 bits per heavy atom. The van der Waals surface area contributed by atoms with E-state index in [1.54, 1.807) is 11.8 Å². The van der Waals surface area contributed by atoms with Crippen LogP contribution in [0.4, 0.5) is 0 Å². The zero-order valence-corrected chi connectivity index (χ0v) is 13.7. The Morgan fingerprint density at radius 3 is 2.40 bits per heavy atom. The van der Waals surface area contributed by atoms with E-state index in [4.69, 9.17) is 17.3 Å². The van der Waals surface area contributed by atoms with Crippen molar-refractivity contribution in [3.8, 4) is 0 Å². The first-order chi connectivity index (χ1) is 9.45. The molecule has 2 aromatic carbocycles. The van der Waals surface area contributed by atoms with Crippen LogP contribution >= 0.6 is 23.4 Å². The molecule has 0 aromatic heterocycles. The normalized spacial score (nSPS) is 12.4. The molecule has 0 amide bonds. The number of hydrogen-bond donors (Lipinski definition) is 1. The first-order valence-electron chi connectivity index (χ1n) is 6.75. The number of nitrogens with two attached hydrogens (primary N) is 1. The maximum atomic E-state index is 6.38. The number of aryl methyl sites for hydroxylation is 2. The van der Waals surface area contributed by atoms with Gasteiger partial charge in [-0.1, -0.05) is 47.1 Å². The Morgan fingerprint density at radius 1 is 1.10 bits per heavy atom. The molecule has 0 heterocycles. The van der Waals surface area contributed by atoms with Gasteiger partial charge >= 0.3 is 0 Å². The van der Waals surface area contributed by atoms with Gasteiger partial charge in [-0.05, 0) is 56.5 Å². The van der Waals surface area contributed by atoms with Gasteiger partial charge in [-0.25, -0.2) is 0 Å². The molecule has 1 nitrogen and oxygen atoms in total. The minimum Gasteiger partial charge on any atom is -0.328 e. The minimum absolute atomic E-state index is 0.156. The summed E-state index contributed by atoms with van der Waals surface area (Å²) < 4.78 is 0. The fraction of sp³-hybridized carbons (Fsp3) is 0.294. The Labute approximate surface area is 130 Å². The topological polar surface area (TPSA) is 26.0 Å². The highest BCUT2D eigenvalue weighted by Crippen LogP contribution is 2.35. The number of benzene rings is 2. The Bertz CT molecular complexity index is 608. The summed E-state index contributed by atoms with van der Waals surface area (Å²) in [6.07, 6.45) is 0.855. The van der Waals surface area contributed by atoms with Gasteiger partial charge in [0, 0.05) is 15.8 Å². The van der Waals surface area contributed by atoms with Crippen LogP contribution in [0.3, 0.4) is 0 Å². The van der Waals surface area contributed by atoms with E-state index < -0.39 is 0 Å². The number of rotatable bonds is 4. The van der Waals surface area contributed by atoms with Crippen LogP contribution in [0.15, 0.2) is 46.2 Å². The van der Waals surface area contributed by atoms with Crippen molar-refractivity contribution in [3.63, 3.8) is 0 Å². The van der Waals surface area contributed by atoms with Crippen LogP contribution in [0, 0.1) is 13.8 Å². The van der Waals surface area contributed by atoms with Gasteiger partial charge in [0.1, 0.15) is 0 Å². The lowest BCUT2D eigenvalue weighted by atomic mass is 10.1. The van der Waals surface area contributed by atoms with E-state index in [0.29, 0.717) is 0 Å². The molecule has 20 heavy (non-hydrogen) atoms. The number of hydrogen-bond acceptors (Lipinski definition) is 2. The molecule has 0 aliphatic heterocycles. The third-order valence-corrected chi connectivity index (χ3v) is 4.78. The second-order valence-electron chi connectivity index (χ2n) is 5.32. The Hall–Kier alpha value is -0.960. The summed E-state index contributed by atoms with van der Waals surface area (Å²) >= 11 is 8.10. The highest BCUT2D eigenvalue weighted by Gasteiger charge is 2.07. The van der Waals surface area contributed by atoms with Gasteiger partial charge in [0.25, 0.3) is 0 Å². The molecule has 0 fully saturated rings. The molecule has 1 unspecified atom stereocenters. The molecule has 0 spiro atoms. The first-order valence-corrected chi connectivity index (χ1v) is 7.94. The maximum Gasteiger partial charge on any atom is 0.0548 e. The van der Waals surface area contributed by atoms with E-state index >= 15 is 0 Å². The van der Waals surface area contributed by atoms with Gasteiger partial charge in [0.15, 0.2) is 0 Å². The lowest BCUT2D eigenvalue weighted by Crippen LogP contribution is -2.17. The summed E-state index contributed by atoms with van der Waals surface area (Å²) in [5.74, 6) is 0. The Kier molecular flexibility index (Phi) is 5.14. The van der Waals surface area contributed by atoms with Crippen molar-refractivity contribution in [1.82, 2.24) is 0 Å². The average Bonchev–Trinajstić information content (AvgIpc) is 2.34. The van der Waals surface area contributed by atoms with Crippen LogP contribution in [-0.4, -0.2) is 6.04 Å². The molecule has 0 saturated heterocycles. The van der Waals surface area contributed by atoms with Gasteiger partial charge in [0.2, 0.25) is 0 Å². The quantitative estimate of drug-likeness (QED) is 0.860. The van der Waals surface area contributed by atoms with Crippen molar-refractivity contribution in [1.29, 1.82) is 0 Å². The average molecular weight is 306 g/mol. The van der Waals surface area contributed by atoms with E-state index in [9.17, 15) is 0 Å². The molecule has 0 bridgehead atoms. The van der Waals surface area contributed by atoms with Crippen LogP contribution in [0.5, 0.6) is 0 Å². The molecule has 0 aliphatic carbocycles. The fourth-order valence-corrected chi connectivity index (χ4v) is 3.36. The summed E-state index contributed by atoms with van der Waals surface area (Å²) in [7, 11) is 0. The molecule has 0 radical (unpaired) electrons. The second kappa shape index (κ2) is 6.66. The van der Waals surface area contributed by atoms with E-state index in [1.807, 2.05) is 13.0 Å². The smallest absolute Gasteiger partial charge is 0.0548 e. The van der Waals surface area contributed by atoms with Crippen LogP contribution in [0.2, 0.25) is 5.02 Å². The summed E-state index contributed by atoms with van der Waals surface area (Å²) in [4.78, 5) is 2.34. The van der Waals surface area contributed by atoms with Crippen LogP contribution in [0.25, 0.3) is 0 Å². The highest BCUT2D eigenvalue weighted by atomic mass is 35.5. The zero-order valence-electron chi connectivity index (χ0n) is 12.1. The zero-order chi connectivity index (χ0) is 14.7. The predicted molar refractivity (Wildman–Crippen MR) is 88.8 cm³/mol. The molecule has 2 aromatic rings. The molecule has 1 atom stereocenters. The molecular formula is C17H20ClNS. The predicted octanol–water partition coefficient (Wildman–Crippen LogP) is 5.00. The van der Waals surface area contributed by atoms with Crippen molar-refractivity contribution in [2.24, 2.45) is 5.73 Å². The molecule has 0 aliphatic rings. The summed E-state index contributed by atoms with van der Waals surface area (Å²) in [6.45, 7) is 6.25. The standard InChI is InChI=1S/C17H20ClNS/c1-11-4-6-16(12(2)8-11)20-17-7-5-14(9-13(3)19)10-15(17)18/h4-8,10,13H,9,19H2,1-3H3. The SMILES string of the molecule is Cc1ccc(Sc2ccc(CC(C)N)cc2Cl)c(C)c1. The molecule has 3 heteroatoms. The van der Waals surface area contributed by atoms with Gasteiger partial charge in [-0.15, -0.1) is 0 Å². The van der Waals surface area contributed by atoms with E-state index in [2.05, 4.69) is 44.2 Å². The first kappa shape index (κ1) is 15.4. The largest absolute Gasteiger partial charge is 0.328 e. The van der Waals surface area contributed by atoms with E-state index in [0.717, 1.165) is 16.3 Å².